The average Bonchev–Trinajstić information content (AvgIpc) is 2.74. The molecular weight excluding hydrogens is 236 g/mol. The fourth-order valence-electron chi connectivity index (χ4n) is 5.18. The van der Waals surface area contributed by atoms with Crippen molar-refractivity contribution in [1.29, 1.82) is 0 Å². The molecule has 112 valence electrons. The second kappa shape index (κ2) is 5.37. The van der Waals surface area contributed by atoms with Gasteiger partial charge in [-0.25, -0.2) is 0 Å². The predicted molar refractivity (Wildman–Crippen MR) is 78.9 cm³/mol. The van der Waals surface area contributed by atoms with E-state index >= 15 is 0 Å². The van der Waals surface area contributed by atoms with Crippen molar-refractivity contribution < 1.29 is 10.2 Å². The van der Waals surface area contributed by atoms with Crippen molar-refractivity contribution in [3.05, 3.63) is 0 Å². The molecule has 0 radical (unpaired) electrons. The van der Waals surface area contributed by atoms with Gasteiger partial charge in [0.2, 0.25) is 0 Å². The highest BCUT2D eigenvalue weighted by molar-refractivity contribution is 5.08. The Hall–Kier alpha value is -0.0800. The number of fused-ring (bicyclic) bond motifs is 1. The first-order valence-electron chi connectivity index (χ1n) is 8.36. The molecule has 4 atom stereocenters. The van der Waals surface area contributed by atoms with E-state index in [0.29, 0.717) is 5.92 Å². The molecular formula is C17H32O2. The first kappa shape index (κ1) is 15.3. The molecule has 0 aromatic rings. The molecule has 0 aromatic carbocycles. The summed E-state index contributed by atoms with van der Waals surface area (Å²) < 4.78 is 0. The van der Waals surface area contributed by atoms with E-state index in [1.807, 2.05) is 0 Å². The molecule has 2 fully saturated rings. The van der Waals surface area contributed by atoms with Crippen molar-refractivity contribution in [1.82, 2.24) is 0 Å². The van der Waals surface area contributed by atoms with Crippen LogP contribution in [0, 0.1) is 22.7 Å². The Morgan fingerprint density at radius 3 is 1.79 bits per heavy atom. The Morgan fingerprint density at radius 1 is 0.842 bits per heavy atom. The molecule has 2 rings (SSSR count). The lowest BCUT2D eigenvalue weighted by molar-refractivity contribution is -0.113. The van der Waals surface area contributed by atoms with E-state index in [1.54, 1.807) is 0 Å². The van der Waals surface area contributed by atoms with E-state index in [0.717, 1.165) is 38.5 Å². The van der Waals surface area contributed by atoms with E-state index < -0.39 is 0 Å². The van der Waals surface area contributed by atoms with Crippen LogP contribution in [0.2, 0.25) is 0 Å². The summed E-state index contributed by atoms with van der Waals surface area (Å²) in [4.78, 5) is 0. The third-order valence-electron chi connectivity index (χ3n) is 7.03. The molecule has 2 aliphatic rings. The first-order valence-corrected chi connectivity index (χ1v) is 8.36. The van der Waals surface area contributed by atoms with Crippen molar-refractivity contribution in [3.8, 4) is 0 Å². The Kier molecular flexibility index (Phi) is 4.32. The first-order chi connectivity index (χ1) is 9.00. The maximum absolute atomic E-state index is 10.9. The van der Waals surface area contributed by atoms with Gasteiger partial charge in [0, 0.05) is 5.92 Å². The molecule has 2 aliphatic carbocycles. The summed E-state index contributed by atoms with van der Waals surface area (Å²) >= 11 is 0. The average molecular weight is 268 g/mol. The lowest BCUT2D eigenvalue weighted by Crippen LogP contribution is -2.49. The van der Waals surface area contributed by atoms with Gasteiger partial charge in [0.05, 0.1) is 12.2 Å². The zero-order valence-electron chi connectivity index (χ0n) is 13.2. The maximum atomic E-state index is 10.9. The number of hydrogen-bond donors (Lipinski definition) is 2. The molecule has 0 spiro atoms. The Morgan fingerprint density at radius 2 is 1.32 bits per heavy atom. The van der Waals surface area contributed by atoms with Gasteiger partial charge in [0.25, 0.3) is 0 Å². The van der Waals surface area contributed by atoms with Gasteiger partial charge in [-0.15, -0.1) is 0 Å². The van der Waals surface area contributed by atoms with Crippen LogP contribution in [-0.4, -0.2) is 22.4 Å². The zero-order valence-corrected chi connectivity index (χ0v) is 13.2. The molecule has 2 saturated carbocycles. The van der Waals surface area contributed by atoms with Gasteiger partial charge in [0.1, 0.15) is 0 Å². The summed E-state index contributed by atoms with van der Waals surface area (Å²) in [6.45, 7) is 8.79. The Balaban J connectivity index is 2.29. The molecule has 2 heteroatoms. The summed E-state index contributed by atoms with van der Waals surface area (Å²) in [6, 6.07) is 0. The van der Waals surface area contributed by atoms with Crippen molar-refractivity contribution in [3.63, 3.8) is 0 Å². The number of aliphatic hydroxyl groups excluding tert-OH is 2. The molecule has 0 heterocycles. The normalized spacial score (nSPS) is 40.1. The van der Waals surface area contributed by atoms with Crippen LogP contribution < -0.4 is 0 Å². The van der Waals surface area contributed by atoms with E-state index in [-0.39, 0.29) is 29.0 Å². The summed E-state index contributed by atoms with van der Waals surface area (Å²) in [7, 11) is 0. The fraction of sp³-hybridized carbons (Fsp3) is 1.00. The smallest absolute Gasteiger partial charge is 0.0651 e. The minimum Gasteiger partial charge on any atom is -0.392 e. The van der Waals surface area contributed by atoms with Gasteiger partial charge in [-0.3, -0.25) is 0 Å². The Bertz CT molecular complexity index is 298. The molecule has 2 N–H and O–H groups in total. The van der Waals surface area contributed by atoms with E-state index in [2.05, 4.69) is 27.7 Å². The van der Waals surface area contributed by atoms with Gasteiger partial charge < -0.3 is 10.2 Å². The van der Waals surface area contributed by atoms with E-state index in [9.17, 15) is 10.2 Å². The second-order valence-corrected chi connectivity index (χ2v) is 7.11. The highest BCUT2D eigenvalue weighted by atomic mass is 16.3. The van der Waals surface area contributed by atoms with Crippen LogP contribution in [0.5, 0.6) is 0 Å². The van der Waals surface area contributed by atoms with Gasteiger partial charge >= 0.3 is 0 Å². The van der Waals surface area contributed by atoms with Crippen molar-refractivity contribution in [2.45, 2.75) is 84.8 Å². The second-order valence-electron chi connectivity index (χ2n) is 7.11. The monoisotopic (exact) mass is 268 g/mol. The Labute approximate surface area is 118 Å². The number of aliphatic hydroxyl groups is 2. The molecule has 0 aromatic heterocycles. The summed E-state index contributed by atoms with van der Waals surface area (Å²) in [5.41, 5.74) is 0.119. The molecule has 0 saturated heterocycles. The standard InChI is InChI=1S/C17H32O2/c1-5-16(6-2)10-9-12-11-17(7-3,8-4)15(19)13(12)14(16)18/h12-15,18-19H,5-11H2,1-4H3. The van der Waals surface area contributed by atoms with Gasteiger partial charge in [-0.05, 0) is 61.7 Å². The zero-order chi connectivity index (χ0) is 14.3. The molecule has 0 aliphatic heterocycles. The van der Waals surface area contributed by atoms with Crippen LogP contribution in [0.25, 0.3) is 0 Å². The summed E-state index contributed by atoms with van der Waals surface area (Å²) in [5.74, 6) is 0.657. The minimum atomic E-state index is -0.309. The highest BCUT2D eigenvalue weighted by Crippen LogP contribution is 2.59. The lowest BCUT2D eigenvalue weighted by atomic mass is 9.61. The quantitative estimate of drug-likeness (QED) is 0.815. The van der Waals surface area contributed by atoms with Crippen LogP contribution in [0.4, 0.5) is 0 Å². The van der Waals surface area contributed by atoms with Crippen molar-refractivity contribution in [2.75, 3.05) is 0 Å². The van der Waals surface area contributed by atoms with Gasteiger partial charge in [0.15, 0.2) is 0 Å². The van der Waals surface area contributed by atoms with Crippen LogP contribution >= 0.6 is 0 Å². The molecule has 0 amide bonds. The van der Waals surface area contributed by atoms with Gasteiger partial charge in [-0.2, -0.15) is 0 Å². The summed E-state index contributed by atoms with van der Waals surface area (Å²) in [5, 5.41) is 21.8. The predicted octanol–water partition coefficient (Wildman–Crippen LogP) is 3.75. The van der Waals surface area contributed by atoms with Crippen molar-refractivity contribution in [2.24, 2.45) is 22.7 Å². The highest BCUT2D eigenvalue weighted by Gasteiger charge is 2.58. The third kappa shape index (κ3) is 2.06. The number of hydrogen-bond acceptors (Lipinski definition) is 2. The summed E-state index contributed by atoms with van der Waals surface area (Å²) in [6.07, 6.45) is 6.98. The fourth-order valence-corrected chi connectivity index (χ4v) is 5.18. The molecule has 4 unspecified atom stereocenters. The molecule has 2 nitrogen and oxygen atoms in total. The minimum absolute atomic E-state index is 0.0553. The van der Waals surface area contributed by atoms with E-state index in [4.69, 9.17) is 0 Å². The topological polar surface area (TPSA) is 40.5 Å². The van der Waals surface area contributed by atoms with Gasteiger partial charge in [-0.1, -0.05) is 27.7 Å². The van der Waals surface area contributed by atoms with E-state index in [1.165, 1.54) is 6.42 Å². The SMILES string of the molecule is CCC1(CC)CCC2CC(CC)(CC)C(O)C2C1O. The number of rotatable bonds is 4. The van der Waals surface area contributed by atoms with Crippen molar-refractivity contribution >= 4 is 0 Å². The van der Waals surface area contributed by atoms with Crippen LogP contribution in [0.15, 0.2) is 0 Å². The van der Waals surface area contributed by atoms with Crippen LogP contribution in [-0.2, 0) is 0 Å². The largest absolute Gasteiger partial charge is 0.392 e. The van der Waals surface area contributed by atoms with Crippen LogP contribution in [0.3, 0.4) is 0 Å². The maximum Gasteiger partial charge on any atom is 0.0651 e. The molecule has 19 heavy (non-hydrogen) atoms. The molecule has 0 bridgehead atoms. The van der Waals surface area contributed by atoms with Crippen LogP contribution in [0.1, 0.15) is 72.6 Å². The third-order valence-corrected chi connectivity index (χ3v) is 7.03. The lowest BCUT2D eigenvalue weighted by Gasteiger charge is -2.47.